The number of carbonyl (C=O) groups excluding carboxylic acids is 1. The third-order valence-corrected chi connectivity index (χ3v) is 6.04. The van der Waals surface area contributed by atoms with Crippen molar-refractivity contribution in [1.29, 1.82) is 0 Å². The summed E-state index contributed by atoms with van der Waals surface area (Å²) in [4.78, 5) is 12.1. The summed E-state index contributed by atoms with van der Waals surface area (Å²) in [6, 6.07) is 13.6. The first kappa shape index (κ1) is 23.7. The van der Waals surface area contributed by atoms with Gasteiger partial charge in [0, 0.05) is 13.0 Å². The largest absolute Gasteiger partial charge is 0.492 e. The quantitative estimate of drug-likeness (QED) is 0.551. The van der Waals surface area contributed by atoms with Crippen LogP contribution in [0, 0.1) is 13.8 Å². The molecule has 30 heavy (non-hydrogen) atoms. The lowest BCUT2D eigenvalue weighted by molar-refractivity contribution is -0.121. The van der Waals surface area contributed by atoms with Crippen molar-refractivity contribution in [2.75, 3.05) is 30.3 Å². The number of benzene rings is 2. The third kappa shape index (κ3) is 7.06. The Balaban J connectivity index is 1.79. The van der Waals surface area contributed by atoms with E-state index < -0.39 is 10.0 Å². The fourth-order valence-electron chi connectivity index (χ4n) is 3.29. The maximum atomic E-state index is 12.3. The Morgan fingerprint density at radius 3 is 2.27 bits per heavy atom. The molecule has 2 rings (SSSR count). The highest BCUT2D eigenvalue weighted by Crippen LogP contribution is 2.27. The Morgan fingerprint density at radius 2 is 1.70 bits per heavy atom. The van der Waals surface area contributed by atoms with Gasteiger partial charge in [0.25, 0.3) is 0 Å². The number of rotatable bonds is 11. The van der Waals surface area contributed by atoms with E-state index in [1.807, 2.05) is 56.3 Å². The van der Waals surface area contributed by atoms with Gasteiger partial charge in [0.05, 0.1) is 18.5 Å². The minimum atomic E-state index is -3.44. The Morgan fingerprint density at radius 1 is 1.07 bits per heavy atom. The summed E-state index contributed by atoms with van der Waals surface area (Å²) in [6.07, 6.45) is 2.87. The van der Waals surface area contributed by atoms with Crippen molar-refractivity contribution in [2.45, 2.75) is 40.0 Å². The van der Waals surface area contributed by atoms with Crippen molar-refractivity contribution < 1.29 is 17.9 Å². The number of anilines is 1. The van der Waals surface area contributed by atoms with Crippen LogP contribution in [-0.2, 0) is 21.2 Å². The number of hydrogen-bond donors (Lipinski definition) is 1. The summed E-state index contributed by atoms with van der Waals surface area (Å²) in [5.41, 5.74) is 3.74. The van der Waals surface area contributed by atoms with Gasteiger partial charge >= 0.3 is 0 Å². The van der Waals surface area contributed by atoms with Crippen LogP contribution in [-0.4, -0.2) is 40.3 Å². The number of aryl methyl sites for hydroxylation is 3. The average molecular weight is 433 g/mol. The first-order valence-corrected chi connectivity index (χ1v) is 12.1. The second-order valence-electron chi connectivity index (χ2n) is 7.38. The summed E-state index contributed by atoms with van der Waals surface area (Å²) in [6.45, 7) is 6.93. The number of nitrogens with one attached hydrogen (secondary N) is 1. The molecule has 2 aromatic carbocycles. The van der Waals surface area contributed by atoms with Crippen LogP contribution in [0.5, 0.6) is 5.75 Å². The average Bonchev–Trinajstić information content (AvgIpc) is 2.69. The lowest BCUT2D eigenvalue weighted by Crippen LogP contribution is -2.33. The molecule has 0 heterocycles. The van der Waals surface area contributed by atoms with Crippen LogP contribution >= 0.6 is 0 Å². The van der Waals surface area contributed by atoms with E-state index in [0.29, 0.717) is 25.3 Å². The summed E-state index contributed by atoms with van der Waals surface area (Å²) < 4.78 is 31.6. The van der Waals surface area contributed by atoms with Crippen LogP contribution in [0.1, 0.15) is 36.5 Å². The van der Waals surface area contributed by atoms with Gasteiger partial charge in [-0.15, -0.1) is 0 Å². The van der Waals surface area contributed by atoms with Crippen LogP contribution in [0.25, 0.3) is 0 Å². The van der Waals surface area contributed by atoms with Gasteiger partial charge in [-0.1, -0.05) is 37.3 Å². The van der Waals surface area contributed by atoms with E-state index in [1.165, 1.54) is 16.1 Å². The molecule has 0 aliphatic heterocycles. The highest BCUT2D eigenvalue weighted by molar-refractivity contribution is 7.92. The van der Waals surface area contributed by atoms with Gasteiger partial charge in [-0.25, -0.2) is 8.42 Å². The summed E-state index contributed by atoms with van der Waals surface area (Å²) in [5, 5.41) is 2.82. The molecule has 0 radical (unpaired) electrons. The molecule has 0 aliphatic rings. The molecule has 1 N–H and O–H groups in total. The number of para-hydroxylation sites is 1. The van der Waals surface area contributed by atoms with Gasteiger partial charge in [-0.2, -0.15) is 0 Å². The first-order valence-electron chi connectivity index (χ1n) is 10.2. The van der Waals surface area contributed by atoms with E-state index in [0.717, 1.165) is 23.3 Å². The van der Waals surface area contributed by atoms with Gasteiger partial charge in [0.2, 0.25) is 15.9 Å². The third-order valence-electron chi connectivity index (χ3n) is 4.88. The maximum absolute atomic E-state index is 12.3. The number of sulfonamides is 1. The molecule has 1 amide bonds. The lowest BCUT2D eigenvalue weighted by Gasteiger charge is -2.26. The van der Waals surface area contributed by atoms with Crippen molar-refractivity contribution in [3.05, 3.63) is 59.2 Å². The molecule has 7 heteroatoms. The van der Waals surface area contributed by atoms with E-state index in [4.69, 9.17) is 4.74 Å². The maximum Gasteiger partial charge on any atom is 0.232 e. The van der Waals surface area contributed by atoms with Crippen molar-refractivity contribution in [3.63, 3.8) is 0 Å². The summed E-state index contributed by atoms with van der Waals surface area (Å²) in [7, 11) is -3.44. The predicted octanol–water partition coefficient (Wildman–Crippen LogP) is 3.61. The van der Waals surface area contributed by atoms with E-state index >= 15 is 0 Å². The van der Waals surface area contributed by atoms with E-state index in [1.54, 1.807) is 0 Å². The highest BCUT2D eigenvalue weighted by Gasteiger charge is 2.20. The number of nitrogens with zero attached hydrogens (tertiary/aromatic N) is 1. The molecule has 0 spiro atoms. The number of carbonyl (C=O) groups is 1. The van der Waals surface area contributed by atoms with E-state index in [2.05, 4.69) is 12.2 Å². The van der Waals surface area contributed by atoms with Crippen molar-refractivity contribution >= 4 is 21.6 Å². The lowest BCUT2D eigenvalue weighted by atomic mass is 10.1. The normalized spacial score (nSPS) is 11.2. The van der Waals surface area contributed by atoms with Crippen LogP contribution in [0.2, 0.25) is 0 Å². The zero-order valence-corrected chi connectivity index (χ0v) is 19.1. The molecule has 6 nitrogen and oxygen atoms in total. The Kier molecular flexibility index (Phi) is 8.72. The molecule has 0 saturated carbocycles. The van der Waals surface area contributed by atoms with Gasteiger partial charge in [0.1, 0.15) is 12.4 Å². The van der Waals surface area contributed by atoms with Gasteiger partial charge in [0.15, 0.2) is 0 Å². The number of hydrogen-bond acceptors (Lipinski definition) is 4. The molecular formula is C23H32N2O4S. The van der Waals surface area contributed by atoms with Crippen molar-refractivity contribution in [3.8, 4) is 5.75 Å². The molecule has 0 atom stereocenters. The molecule has 0 fully saturated rings. The number of amides is 1. The molecule has 0 unspecified atom stereocenters. The molecule has 0 bridgehead atoms. The SMILES string of the molecule is CCc1ccc(OCCNC(=O)CCCN(c2c(C)cccc2C)S(C)(=O)=O)cc1. The highest BCUT2D eigenvalue weighted by atomic mass is 32.2. The van der Waals surface area contributed by atoms with Crippen LogP contribution in [0.3, 0.4) is 0 Å². The topological polar surface area (TPSA) is 75.7 Å². The molecule has 0 aromatic heterocycles. The smallest absolute Gasteiger partial charge is 0.232 e. The van der Waals surface area contributed by atoms with Crippen LogP contribution in [0.15, 0.2) is 42.5 Å². The molecular weight excluding hydrogens is 400 g/mol. The van der Waals surface area contributed by atoms with Gasteiger partial charge in [-0.05, 0) is 55.5 Å². The van der Waals surface area contributed by atoms with Gasteiger partial charge < -0.3 is 10.1 Å². The zero-order chi connectivity index (χ0) is 22.1. The molecule has 164 valence electrons. The minimum Gasteiger partial charge on any atom is -0.492 e. The summed E-state index contributed by atoms with van der Waals surface area (Å²) in [5.74, 6) is 0.661. The van der Waals surface area contributed by atoms with Crippen molar-refractivity contribution in [1.82, 2.24) is 5.32 Å². The fourth-order valence-corrected chi connectivity index (χ4v) is 4.38. The number of ether oxygens (including phenoxy) is 1. The molecule has 2 aromatic rings. The summed E-state index contributed by atoms with van der Waals surface area (Å²) >= 11 is 0. The minimum absolute atomic E-state index is 0.116. The van der Waals surface area contributed by atoms with E-state index in [9.17, 15) is 13.2 Å². The van der Waals surface area contributed by atoms with E-state index in [-0.39, 0.29) is 18.9 Å². The first-order chi connectivity index (χ1) is 14.2. The Bertz CT molecular complexity index is 920. The Hall–Kier alpha value is -2.54. The monoisotopic (exact) mass is 432 g/mol. The zero-order valence-electron chi connectivity index (χ0n) is 18.3. The van der Waals surface area contributed by atoms with Gasteiger partial charge in [-0.3, -0.25) is 9.10 Å². The standard InChI is InChI=1S/C23H32N2O4S/c1-5-20-11-13-21(14-12-20)29-17-15-24-22(26)10-7-16-25(30(4,27)28)23-18(2)8-6-9-19(23)3/h6,8-9,11-14H,5,7,10,15-17H2,1-4H3,(H,24,26). The molecule has 0 aliphatic carbocycles. The second kappa shape index (κ2) is 11.0. The van der Waals surface area contributed by atoms with Crippen LogP contribution in [0.4, 0.5) is 5.69 Å². The van der Waals surface area contributed by atoms with Crippen LogP contribution < -0.4 is 14.4 Å². The second-order valence-corrected chi connectivity index (χ2v) is 9.28. The fraction of sp³-hybridized carbons (Fsp3) is 0.435. The van der Waals surface area contributed by atoms with Crippen molar-refractivity contribution in [2.24, 2.45) is 0 Å². The Labute approximate surface area is 180 Å². The predicted molar refractivity (Wildman–Crippen MR) is 122 cm³/mol. The molecule has 0 saturated heterocycles.